The summed E-state index contributed by atoms with van der Waals surface area (Å²) in [7, 11) is 0. The Morgan fingerprint density at radius 2 is 1.71 bits per heavy atom. The number of carbonyl (C=O) groups excluding carboxylic acids is 3. The quantitative estimate of drug-likeness (QED) is 0.655. The highest BCUT2D eigenvalue weighted by molar-refractivity contribution is 6.25. The highest BCUT2D eigenvalue weighted by atomic mass is 16.2. The molecule has 1 fully saturated rings. The molecular formula is C23H26N2O3. The zero-order chi connectivity index (χ0) is 19.7. The van der Waals surface area contributed by atoms with Crippen molar-refractivity contribution in [2.75, 3.05) is 19.6 Å². The van der Waals surface area contributed by atoms with Gasteiger partial charge in [0.2, 0.25) is 5.91 Å². The third-order valence-corrected chi connectivity index (χ3v) is 5.65. The van der Waals surface area contributed by atoms with E-state index in [2.05, 4.69) is 6.92 Å². The van der Waals surface area contributed by atoms with Gasteiger partial charge in [-0.1, -0.05) is 31.2 Å². The summed E-state index contributed by atoms with van der Waals surface area (Å²) in [5, 5.41) is 1.65. The summed E-state index contributed by atoms with van der Waals surface area (Å²) < 4.78 is 0. The van der Waals surface area contributed by atoms with Gasteiger partial charge in [0.15, 0.2) is 0 Å². The number of amides is 3. The Morgan fingerprint density at radius 3 is 2.29 bits per heavy atom. The van der Waals surface area contributed by atoms with E-state index >= 15 is 0 Å². The first-order valence-corrected chi connectivity index (χ1v) is 10.3. The van der Waals surface area contributed by atoms with E-state index in [4.69, 9.17) is 0 Å². The molecule has 0 spiro atoms. The van der Waals surface area contributed by atoms with Crippen LogP contribution in [0.2, 0.25) is 0 Å². The molecule has 5 heteroatoms. The second-order valence-electron chi connectivity index (χ2n) is 7.86. The standard InChI is InChI=1S/C23H26N2O3/c1-2-13-24(15-16-11-12-16)20(26)10-5-14-25-22(27)18-8-3-6-17-7-4-9-19(21(17)18)23(25)28/h3-4,6-9,16H,2,5,10-15H2,1H3. The van der Waals surface area contributed by atoms with E-state index in [1.54, 1.807) is 12.1 Å². The maximum absolute atomic E-state index is 12.9. The Hall–Kier alpha value is -2.69. The van der Waals surface area contributed by atoms with E-state index < -0.39 is 0 Å². The molecule has 1 aliphatic heterocycles. The highest BCUT2D eigenvalue weighted by Gasteiger charge is 2.32. The van der Waals surface area contributed by atoms with Crippen LogP contribution in [0.4, 0.5) is 0 Å². The number of nitrogens with zero attached hydrogens (tertiary/aromatic N) is 2. The van der Waals surface area contributed by atoms with Crippen molar-refractivity contribution >= 4 is 28.5 Å². The van der Waals surface area contributed by atoms with Crippen LogP contribution in [0.25, 0.3) is 10.8 Å². The molecule has 0 radical (unpaired) electrons. The number of hydrogen-bond donors (Lipinski definition) is 0. The third-order valence-electron chi connectivity index (χ3n) is 5.65. The van der Waals surface area contributed by atoms with E-state index in [0.717, 1.165) is 30.3 Å². The molecule has 1 aliphatic carbocycles. The van der Waals surface area contributed by atoms with Gasteiger partial charge >= 0.3 is 0 Å². The molecule has 1 heterocycles. The Balaban J connectivity index is 1.43. The molecule has 0 unspecified atom stereocenters. The molecule has 0 saturated heterocycles. The normalized spacial score (nSPS) is 16.0. The van der Waals surface area contributed by atoms with Crippen LogP contribution in [0.5, 0.6) is 0 Å². The number of rotatable bonds is 8. The fourth-order valence-corrected chi connectivity index (χ4v) is 4.03. The third kappa shape index (κ3) is 3.53. The molecule has 2 aromatic rings. The second kappa shape index (κ2) is 7.74. The minimum absolute atomic E-state index is 0.133. The predicted octanol–water partition coefficient (Wildman–Crippen LogP) is 3.86. The van der Waals surface area contributed by atoms with Gasteiger partial charge in [-0.3, -0.25) is 19.3 Å². The fraction of sp³-hybridized carbons (Fsp3) is 0.435. The number of imide groups is 1. The van der Waals surface area contributed by atoms with Gasteiger partial charge in [0.25, 0.3) is 11.8 Å². The number of hydrogen-bond acceptors (Lipinski definition) is 3. The summed E-state index contributed by atoms with van der Waals surface area (Å²) in [6.45, 7) is 3.99. The van der Waals surface area contributed by atoms with Gasteiger partial charge < -0.3 is 4.90 Å². The molecule has 2 aromatic carbocycles. The maximum atomic E-state index is 12.9. The zero-order valence-electron chi connectivity index (χ0n) is 16.3. The zero-order valence-corrected chi connectivity index (χ0v) is 16.3. The Kier molecular flexibility index (Phi) is 5.16. The Morgan fingerprint density at radius 1 is 1.07 bits per heavy atom. The molecule has 5 nitrogen and oxygen atoms in total. The minimum atomic E-state index is -0.259. The molecule has 0 atom stereocenters. The summed E-state index contributed by atoms with van der Waals surface area (Å²) in [4.78, 5) is 41.6. The summed E-state index contributed by atoms with van der Waals surface area (Å²) in [6.07, 6.45) is 4.25. The molecule has 3 amide bonds. The summed E-state index contributed by atoms with van der Waals surface area (Å²) in [6, 6.07) is 11.1. The van der Waals surface area contributed by atoms with Crippen molar-refractivity contribution in [3.63, 3.8) is 0 Å². The molecule has 0 aromatic heterocycles. The number of carbonyl (C=O) groups is 3. The van der Waals surface area contributed by atoms with Crippen LogP contribution in [0.1, 0.15) is 59.7 Å². The van der Waals surface area contributed by atoms with E-state index in [9.17, 15) is 14.4 Å². The lowest BCUT2D eigenvalue weighted by atomic mass is 9.94. The maximum Gasteiger partial charge on any atom is 0.261 e. The first-order chi connectivity index (χ1) is 13.6. The van der Waals surface area contributed by atoms with Gasteiger partial charge in [-0.15, -0.1) is 0 Å². The highest BCUT2D eigenvalue weighted by Crippen LogP contribution is 2.31. The van der Waals surface area contributed by atoms with Gasteiger partial charge in [0, 0.05) is 42.6 Å². The van der Waals surface area contributed by atoms with Gasteiger partial charge in [-0.2, -0.15) is 0 Å². The van der Waals surface area contributed by atoms with Crippen molar-refractivity contribution in [2.45, 2.75) is 39.0 Å². The van der Waals surface area contributed by atoms with Gasteiger partial charge in [-0.25, -0.2) is 0 Å². The molecule has 0 N–H and O–H groups in total. The summed E-state index contributed by atoms with van der Waals surface area (Å²) in [5.41, 5.74) is 1.14. The summed E-state index contributed by atoms with van der Waals surface area (Å²) >= 11 is 0. The Bertz CT molecular complexity index is 882. The molecule has 2 aliphatic rings. The average Bonchev–Trinajstić information content (AvgIpc) is 3.52. The van der Waals surface area contributed by atoms with Gasteiger partial charge in [0.1, 0.15) is 0 Å². The van der Waals surface area contributed by atoms with Crippen LogP contribution in [0.15, 0.2) is 36.4 Å². The van der Waals surface area contributed by atoms with Gasteiger partial charge in [-0.05, 0) is 49.1 Å². The van der Waals surface area contributed by atoms with Crippen LogP contribution < -0.4 is 0 Å². The van der Waals surface area contributed by atoms with E-state index in [1.165, 1.54) is 17.7 Å². The molecule has 28 heavy (non-hydrogen) atoms. The van der Waals surface area contributed by atoms with E-state index in [1.807, 2.05) is 29.2 Å². The molecule has 0 bridgehead atoms. The lowest BCUT2D eigenvalue weighted by Crippen LogP contribution is -2.41. The first-order valence-electron chi connectivity index (χ1n) is 10.3. The SMILES string of the molecule is CCCN(CC1CC1)C(=O)CCCN1C(=O)c2cccc3cccc(c23)C1=O. The topological polar surface area (TPSA) is 57.7 Å². The molecule has 4 rings (SSSR count). The van der Waals surface area contributed by atoms with Gasteiger partial charge in [0.05, 0.1) is 0 Å². The average molecular weight is 378 g/mol. The number of benzene rings is 2. The molecular weight excluding hydrogens is 352 g/mol. The van der Waals surface area contributed by atoms with Crippen molar-refractivity contribution in [3.05, 3.63) is 47.5 Å². The van der Waals surface area contributed by atoms with E-state index in [0.29, 0.717) is 29.9 Å². The smallest absolute Gasteiger partial charge is 0.261 e. The van der Waals surface area contributed by atoms with Crippen LogP contribution in [-0.2, 0) is 4.79 Å². The monoisotopic (exact) mass is 378 g/mol. The predicted molar refractivity (Wildman–Crippen MR) is 108 cm³/mol. The van der Waals surface area contributed by atoms with Crippen molar-refractivity contribution in [1.82, 2.24) is 9.80 Å². The molecule has 1 saturated carbocycles. The minimum Gasteiger partial charge on any atom is -0.342 e. The second-order valence-corrected chi connectivity index (χ2v) is 7.86. The van der Waals surface area contributed by atoms with Crippen LogP contribution in [0.3, 0.4) is 0 Å². The largest absolute Gasteiger partial charge is 0.342 e. The van der Waals surface area contributed by atoms with Crippen molar-refractivity contribution in [2.24, 2.45) is 5.92 Å². The van der Waals surface area contributed by atoms with Crippen LogP contribution in [-0.4, -0.2) is 47.2 Å². The fourth-order valence-electron chi connectivity index (χ4n) is 4.03. The lowest BCUT2D eigenvalue weighted by molar-refractivity contribution is -0.131. The van der Waals surface area contributed by atoms with Crippen molar-refractivity contribution in [3.8, 4) is 0 Å². The van der Waals surface area contributed by atoms with Crippen molar-refractivity contribution in [1.29, 1.82) is 0 Å². The van der Waals surface area contributed by atoms with Crippen LogP contribution in [0, 0.1) is 5.92 Å². The Labute approximate surface area is 165 Å². The van der Waals surface area contributed by atoms with Crippen LogP contribution >= 0.6 is 0 Å². The summed E-state index contributed by atoms with van der Waals surface area (Å²) in [5.74, 6) is 0.279. The first kappa shape index (κ1) is 18.7. The lowest BCUT2D eigenvalue weighted by Gasteiger charge is -2.27. The van der Waals surface area contributed by atoms with E-state index in [-0.39, 0.29) is 24.3 Å². The molecule has 146 valence electrons. The van der Waals surface area contributed by atoms with Crippen molar-refractivity contribution < 1.29 is 14.4 Å².